The van der Waals surface area contributed by atoms with Crippen LogP contribution in [0.1, 0.15) is 19.4 Å². The fourth-order valence-electron chi connectivity index (χ4n) is 1.30. The van der Waals surface area contributed by atoms with E-state index in [9.17, 15) is 4.57 Å². The first-order chi connectivity index (χ1) is 9.02. The second-order valence-electron chi connectivity index (χ2n) is 3.33. The lowest BCUT2D eigenvalue weighted by Gasteiger charge is -2.19. The molecule has 4 nitrogen and oxygen atoms in total. The highest BCUT2D eigenvalue weighted by molar-refractivity contribution is 7.48. The van der Waals surface area contributed by atoms with Gasteiger partial charge in [0, 0.05) is 5.56 Å². The van der Waals surface area contributed by atoms with Gasteiger partial charge in [-0.2, -0.15) is 0 Å². The average molecular weight is 325 g/mol. The van der Waals surface area contributed by atoms with Gasteiger partial charge in [-0.05, 0) is 13.8 Å². The van der Waals surface area contributed by atoms with Crippen molar-refractivity contribution < 1.29 is 18.1 Å². The maximum Gasteiger partial charge on any atom is 0.530 e. The minimum Gasteiger partial charge on any atom is -0.401 e. The van der Waals surface area contributed by atoms with Crippen LogP contribution in [0.15, 0.2) is 34.8 Å². The summed E-state index contributed by atoms with van der Waals surface area (Å²) in [7, 11) is -3.72. The van der Waals surface area contributed by atoms with E-state index in [0.717, 1.165) is 0 Å². The van der Waals surface area contributed by atoms with E-state index in [1.807, 2.05) is 6.07 Å². The van der Waals surface area contributed by atoms with Gasteiger partial charge in [0.1, 0.15) is 4.49 Å². The van der Waals surface area contributed by atoms with Crippen LogP contribution >= 0.6 is 31.0 Å². The third-order valence-electron chi connectivity index (χ3n) is 1.99. The van der Waals surface area contributed by atoms with Gasteiger partial charge in [-0.3, -0.25) is 9.05 Å². The van der Waals surface area contributed by atoms with Crippen molar-refractivity contribution in [2.75, 3.05) is 13.2 Å². The highest BCUT2D eigenvalue weighted by atomic mass is 35.5. The van der Waals surface area contributed by atoms with Crippen LogP contribution in [-0.4, -0.2) is 13.2 Å². The van der Waals surface area contributed by atoms with Crippen LogP contribution in [0.2, 0.25) is 0 Å². The molecule has 0 amide bonds. The first-order valence-electron chi connectivity index (χ1n) is 5.71. The summed E-state index contributed by atoms with van der Waals surface area (Å²) in [5.41, 5.74) is 0.585. The topological polar surface area (TPSA) is 44.8 Å². The van der Waals surface area contributed by atoms with Crippen molar-refractivity contribution in [3.63, 3.8) is 0 Å². The molecule has 0 spiro atoms. The minimum atomic E-state index is -3.72. The van der Waals surface area contributed by atoms with Crippen LogP contribution < -0.4 is 0 Å². The average Bonchev–Trinajstić information content (AvgIpc) is 2.37. The summed E-state index contributed by atoms with van der Waals surface area (Å²) in [6, 6.07) is 8.84. The highest BCUT2D eigenvalue weighted by Crippen LogP contribution is 2.53. The van der Waals surface area contributed by atoms with Gasteiger partial charge < -0.3 is 4.52 Å². The molecule has 0 aliphatic heterocycles. The lowest BCUT2D eigenvalue weighted by atomic mass is 10.2. The summed E-state index contributed by atoms with van der Waals surface area (Å²) in [6.07, 6.45) is 0. The Labute approximate surface area is 122 Å². The Balaban J connectivity index is 3.03. The number of rotatable bonds is 7. The zero-order chi connectivity index (χ0) is 14.3. The third-order valence-corrected chi connectivity index (χ3v) is 3.88. The summed E-state index contributed by atoms with van der Waals surface area (Å²) in [5.74, 6) is 0.0640. The molecule has 0 atom stereocenters. The molecular weight excluding hydrogens is 310 g/mol. The number of halogens is 2. The Morgan fingerprint density at radius 1 is 1.11 bits per heavy atom. The molecule has 0 saturated heterocycles. The molecule has 1 rings (SSSR count). The molecule has 0 N–H and O–H groups in total. The lowest BCUT2D eigenvalue weighted by molar-refractivity contribution is 0.159. The van der Waals surface area contributed by atoms with E-state index in [2.05, 4.69) is 0 Å². The largest absolute Gasteiger partial charge is 0.530 e. The SMILES string of the molecule is CCOP(=O)(OCC)OC(=C(Cl)Cl)c1ccccc1. The molecule has 106 valence electrons. The van der Waals surface area contributed by atoms with E-state index in [1.54, 1.807) is 38.1 Å². The molecule has 0 aliphatic carbocycles. The zero-order valence-corrected chi connectivity index (χ0v) is 13.0. The molecule has 19 heavy (non-hydrogen) atoms. The Kier molecular flexibility index (Phi) is 6.90. The van der Waals surface area contributed by atoms with Gasteiger partial charge in [0.2, 0.25) is 0 Å². The number of benzene rings is 1. The second kappa shape index (κ2) is 7.93. The molecule has 1 aromatic carbocycles. The molecule has 0 heterocycles. The summed E-state index contributed by atoms with van der Waals surface area (Å²) < 4.78 is 27.5. The summed E-state index contributed by atoms with van der Waals surface area (Å²) in [4.78, 5) is 0. The van der Waals surface area contributed by atoms with Gasteiger partial charge >= 0.3 is 7.82 Å². The molecule has 7 heteroatoms. The van der Waals surface area contributed by atoms with Crippen molar-refractivity contribution in [3.05, 3.63) is 40.4 Å². The maximum absolute atomic E-state index is 12.3. The number of phosphoric ester groups is 1. The van der Waals surface area contributed by atoms with E-state index in [0.29, 0.717) is 5.56 Å². The molecule has 0 unspecified atom stereocenters. The number of phosphoric acid groups is 1. The Hall–Kier alpha value is -0.510. The lowest BCUT2D eigenvalue weighted by Crippen LogP contribution is -2.00. The first-order valence-corrected chi connectivity index (χ1v) is 7.93. The predicted octanol–water partition coefficient (Wildman–Crippen LogP) is 4.99. The highest BCUT2D eigenvalue weighted by Gasteiger charge is 2.30. The molecule has 0 aliphatic rings. The van der Waals surface area contributed by atoms with Gasteiger partial charge in [-0.1, -0.05) is 53.5 Å². The number of hydrogen-bond acceptors (Lipinski definition) is 4. The summed E-state index contributed by atoms with van der Waals surface area (Å²) in [6.45, 7) is 3.73. The van der Waals surface area contributed by atoms with Gasteiger partial charge in [0.05, 0.1) is 13.2 Å². The molecule has 0 fully saturated rings. The van der Waals surface area contributed by atoms with Crippen molar-refractivity contribution in [3.8, 4) is 0 Å². The summed E-state index contributed by atoms with van der Waals surface area (Å²) in [5, 5.41) is 0. The molecule has 0 bridgehead atoms. The minimum absolute atomic E-state index is 0.0640. The first kappa shape index (κ1) is 16.5. The van der Waals surface area contributed by atoms with Crippen LogP contribution in [0.25, 0.3) is 5.76 Å². The van der Waals surface area contributed by atoms with E-state index < -0.39 is 7.82 Å². The monoisotopic (exact) mass is 324 g/mol. The van der Waals surface area contributed by atoms with Gasteiger partial charge in [0.15, 0.2) is 5.76 Å². The van der Waals surface area contributed by atoms with E-state index in [-0.39, 0.29) is 23.5 Å². The van der Waals surface area contributed by atoms with Crippen LogP contribution in [0, 0.1) is 0 Å². The van der Waals surface area contributed by atoms with Crippen molar-refractivity contribution >= 4 is 36.8 Å². The quantitative estimate of drug-likeness (QED) is 0.523. The van der Waals surface area contributed by atoms with Crippen molar-refractivity contribution in [2.45, 2.75) is 13.8 Å². The third kappa shape index (κ3) is 5.17. The predicted molar refractivity (Wildman–Crippen MR) is 77.0 cm³/mol. The standard InChI is InChI=1S/C12H15Cl2O4P/c1-3-16-19(15,17-4-2)18-11(12(13)14)10-8-6-5-7-9-10/h5-9H,3-4H2,1-2H3. The van der Waals surface area contributed by atoms with Crippen molar-refractivity contribution in [1.82, 2.24) is 0 Å². The Bertz CT molecular complexity index is 462. The molecule has 1 aromatic rings. The second-order valence-corrected chi connectivity index (χ2v) is 5.87. The molecule has 0 saturated carbocycles. The smallest absolute Gasteiger partial charge is 0.401 e. The van der Waals surface area contributed by atoms with Crippen molar-refractivity contribution in [2.24, 2.45) is 0 Å². The zero-order valence-electron chi connectivity index (χ0n) is 10.6. The molecular formula is C12H15Cl2O4P. The maximum atomic E-state index is 12.3. The Morgan fingerprint density at radius 2 is 1.63 bits per heavy atom. The van der Waals surface area contributed by atoms with Gasteiger partial charge in [0.25, 0.3) is 0 Å². The molecule has 0 aromatic heterocycles. The van der Waals surface area contributed by atoms with E-state index >= 15 is 0 Å². The van der Waals surface area contributed by atoms with Gasteiger partial charge in [-0.25, -0.2) is 4.57 Å². The Morgan fingerprint density at radius 3 is 2.05 bits per heavy atom. The summed E-state index contributed by atoms with van der Waals surface area (Å²) >= 11 is 11.5. The normalized spacial score (nSPS) is 11.2. The van der Waals surface area contributed by atoms with Crippen LogP contribution in [0.4, 0.5) is 0 Å². The fraction of sp³-hybridized carbons (Fsp3) is 0.333. The molecule has 0 radical (unpaired) electrons. The van der Waals surface area contributed by atoms with Gasteiger partial charge in [-0.15, -0.1) is 0 Å². The van der Waals surface area contributed by atoms with Crippen LogP contribution in [0.5, 0.6) is 0 Å². The number of hydrogen-bond donors (Lipinski definition) is 0. The van der Waals surface area contributed by atoms with Crippen LogP contribution in [-0.2, 0) is 18.1 Å². The van der Waals surface area contributed by atoms with Crippen molar-refractivity contribution in [1.29, 1.82) is 0 Å². The van der Waals surface area contributed by atoms with E-state index in [4.69, 9.17) is 36.8 Å². The van der Waals surface area contributed by atoms with Crippen LogP contribution in [0.3, 0.4) is 0 Å². The van der Waals surface area contributed by atoms with E-state index in [1.165, 1.54) is 0 Å². The fourth-order valence-corrected chi connectivity index (χ4v) is 2.94.